The van der Waals surface area contributed by atoms with Crippen LogP contribution in [0, 0.1) is 11.6 Å². The molecule has 0 spiro atoms. The zero-order chi connectivity index (χ0) is 6.85. The fraction of sp³-hybridized carbons (Fsp3) is 0. The van der Waals surface area contributed by atoms with Gasteiger partial charge in [-0.15, -0.1) is 25.0 Å². The second-order valence-corrected chi connectivity index (χ2v) is 2.05. The van der Waals surface area contributed by atoms with Crippen molar-refractivity contribution in [3.63, 3.8) is 0 Å². The third kappa shape index (κ3) is 6.90. The standard InChI is InChI=1S/C6H4F2S.ClH.4FH/c7-4-2-1-3-5(9)6(4)8;;;;;/h1-3,9H;5*1H. The molecule has 0 radical (unpaired) electrons. The van der Waals surface area contributed by atoms with Crippen molar-refractivity contribution in [2.75, 3.05) is 0 Å². The maximum Gasteiger partial charge on any atom is 0.172 e. The van der Waals surface area contributed by atoms with Crippen molar-refractivity contribution >= 4 is 25.0 Å². The molecule has 0 N–H and O–H groups in total. The molecule has 0 aliphatic carbocycles. The summed E-state index contributed by atoms with van der Waals surface area (Å²) in [5, 5.41) is 0. The van der Waals surface area contributed by atoms with Crippen LogP contribution in [0.15, 0.2) is 23.1 Å². The van der Waals surface area contributed by atoms with E-state index in [2.05, 4.69) is 12.6 Å². The van der Waals surface area contributed by atoms with E-state index in [1.807, 2.05) is 0 Å². The molecule has 0 saturated heterocycles. The Balaban J connectivity index is -0.0000000540. The number of thiol groups is 1. The van der Waals surface area contributed by atoms with E-state index >= 15 is 0 Å². The fourth-order valence-corrected chi connectivity index (χ4v) is 0.685. The van der Waals surface area contributed by atoms with Crippen molar-refractivity contribution in [2.24, 2.45) is 0 Å². The first-order valence-electron chi connectivity index (χ1n) is 2.35. The van der Waals surface area contributed by atoms with Gasteiger partial charge in [0.15, 0.2) is 11.6 Å². The van der Waals surface area contributed by atoms with E-state index in [1.165, 1.54) is 12.1 Å². The zero-order valence-electron chi connectivity index (χ0n) is 6.48. The van der Waals surface area contributed by atoms with Crippen molar-refractivity contribution in [1.29, 1.82) is 0 Å². The van der Waals surface area contributed by atoms with Crippen LogP contribution < -0.4 is 0 Å². The molecule has 0 bridgehead atoms. The number of hydrogen-bond donors (Lipinski definition) is 1. The Morgan fingerprint density at radius 3 is 1.64 bits per heavy atom. The van der Waals surface area contributed by atoms with E-state index in [4.69, 9.17) is 0 Å². The Labute approximate surface area is 88.0 Å². The van der Waals surface area contributed by atoms with Crippen LogP contribution in [0.2, 0.25) is 0 Å². The first kappa shape index (κ1) is 29.2. The van der Waals surface area contributed by atoms with Gasteiger partial charge in [-0.05, 0) is 12.1 Å². The zero-order valence-corrected chi connectivity index (χ0v) is 8.19. The lowest BCUT2D eigenvalue weighted by Crippen LogP contribution is -1.82. The Morgan fingerprint density at radius 1 is 0.929 bits per heavy atom. The summed E-state index contributed by atoms with van der Waals surface area (Å²) in [6.07, 6.45) is 0. The Morgan fingerprint density at radius 2 is 1.36 bits per heavy atom. The van der Waals surface area contributed by atoms with Gasteiger partial charge in [0.25, 0.3) is 0 Å². The predicted octanol–water partition coefficient (Wildman–Crippen LogP) is 3.29. The second kappa shape index (κ2) is 12.4. The van der Waals surface area contributed by atoms with Gasteiger partial charge in [-0.2, -0.15) is 0 Å². The summed E-state index contributed by atoms with van der Waals surface area (Å²) < 4.78 is 24.4. The van der Waals surface area contributed by atoms with Crippen LogP contribution >= 0.6 is 25.0 Å². The Bertz CT molecular complexity index is 213. The molecule has 1 aromatic carbocycles. The van der Waals surface area contributed by atoms with Crippen molar-refractivity contribution in [3.05, 3.63) is 29.8 Å². The van der Waals surface area contributed by atoms with E-state index in [1.54, 1.807) is 0 Å². The fourth-order valence-electron chi connectivity index (χ4n) is 0.492. The minimum Gasteiger partial charge on any atom is -0.269 e. The summed E-state index contributed by atoms with van der Waals surface area (Å²) in [5.74, 6) is -1.75. The Hall–Kier alpha value is -0.560. The van der Waals surface area contributed by atoms with E-state index in [9.17, 15) is 8.78 Å². The van der Waals surface area contributed by atoms with Crippen LogP contribution in [0.4, 0.5) is 27.6 Å². The average Bonchev–Trinajstić information content (AvgIpc) is 1.83. The Kier molecular flexibility index (Phi) is 25.9. The van der Waals surface area contributed by atoms with Gasteiger partial charge in [0, 0.05) is 4.90 Å². The van der Waals surface area contributed by atoms with Crippen LogP contribution in [0.25, 0.3) is 0 Å². The number of rotatable bonds is 0. The minimum atomic E-state index is -0.888. The molecular formula is C6H9ClF6S. The molecule has 1 rings (SSSR count). The lowest BCUT2D eigenvalue weighted by molar-refractivity contribution is 0.492. The summed E-state index contributed by atoms with van der Waals surface area (Å²) in [7, 11) is 0. The molecule has 88 valence electrons. The van der Waals surface area contributed by atoms with E-state index in [0.717, 1.165) is 6.07 Å². The van der Waals surface area contributed by atoms with Crippen LogP contribution in [0.1, 0.15) is 0 Å². The van der Waals surface area contributed by atoms with Gasteiger partial charge in [0.05, 0.1) is 0 Å². The summed E-state index contributed by atoms with van der Waals surface area (Å²) in [4.78, 5) is 0.0370. The van der Waals surface area contributed by atoms with Gasteiger partial charge >= 0.3 is 0 Å². The molecule has 0 aliphatic heterocycles. The van der Waals surface area contributed by atoms with Crippen LogP contribution in [0.3, 0.4) is 0 Å². The second-order valence-electron chi connectivity index (χ2n) is 1.57. The molecule has 0 saturated carbocycles. The average molecular weight is 263 g/mol. The topological polar surface area (TPSA) is 0 Å². The molecule has 8 heteroatoms. The van der Waals surface area contributed by atoms with E-state index < -0.39 is 11.6 Å². The summed E-state index contributed by atoms with van der Waals surface area (Å²) in [6.45, 7) is 0. The molecule has 14 heavy (non-hydrogen) atoms. The molecule has 0 aromatic heterocycles. The highest BCUT2D eigenvalue weighted by Crippen LogP contribution is 2.13. The quantitative estimate of drug-likeness (QED) is 0.538. The number of halogens is 7. The predicted molar refractivity (Wildman–Crippen MR) is 50.9 cm³/mol. The highest BCUT2D eigenvalue weighted by molar-refractivity contribution is 7.80. The number of hydrogen-bond acceptors (Lipinski definition) is 1. The third-order valence-electron chi connectivity index (χ3n) is 0.931. The van der Waals surface area contributed by atoms with Crippen molar-refractivity contribution in [3.8, 4) is 0 Å². The van der Waals surface area contributed by atoms with Gasteiger partial charge in [0.2, 0.25) is 0 Å². The van der Waals surface area contributed by atoms with Crippen LogP contribution in [0.5, 0.6) is 0 Å². The van der Waals surface area contributed by atoms with Gasteiger partial charge in [-0.3, -0.25) is 18.8 Å². The third-order valence-corrected chi connectivity index (χ3v) is 1.28. The minimum absolute atomic E-state index is 0. The molecule has 0 aliphatic rings. The summed E-state index contributed by atoms with van der Waals surface area (Å²) >= 11 is 3.65. The van der Waals surface area contributed by atoms with Gasteiger partial charge in [-0.1, -0.05) is 6.07 Å². The first-order valence-corrected chi connectivity index (χ1v) is 2.79. The lowest BCUT2D eigenvalue weighted by Gasteiger charge is -1.92. The molecule has 0 amide bonds. The maximum atomic E-state index is 12.3. The molecule has 0 unspecified atom stereocenters. The van der Waals surface area contributed by atoms with Gasteiger partial charge in [-0.25, -0.2) is 8.78 Å². The first-order chi connectivity index (χ1) is 4.22. The number of benzene rings is 1. The van der Waals surface area contributed by atoms with Crippen LogP contribution in [-0.2, 0) is 0 Å². The summed E-state index contributed by atoms with van der Waals surface area (Å²) in [6, 6.07) is 3.84. The molecular weight excluding hydrogens is 254 g/mol. The van der Waals surface area contributed by atoms with Crippen LogP contribution in [-0.4, -0.2) is 0 Å². The van der Waals surface area contributed by atoms with Gasteiger partial charge in [0.1, 0.15) is 0 Å². The molecule has 0 nitrogen and oxygen atoms in total. The molecule has 1 aromatic rings. The molecule has 0 atom stereocenters. The lowest BCUT2D eigenvalue weighted by atomic mass is 10.3. The largest absolute Gasteiger partial charge is 0.269 e. The van der Waals surface area contributed by atoms with Gasteiger partial charge < -0.3 is 0 Å². The van der Waals surface area contributed by atoms with Crippen molar-refractivity contribution in [1.82, 2.24) is 0 Å². The molecule has 0 fully saturated rings. The normalized spacial score (nSPS) is 6.21. The van der Waals surface area contributed by atoms with Crippen molar-refractivity contribution < 1.29 is 27.6 Å². The van der Waals surface area contributed by atoms with E-state index in [0.29, 0.717) is 0 Å². The monoisotopic (exact) mass is 262 g/mol. The molecule has 0 heterocycles. The smallest absolute Gasteiger partial charge is 0.172 e. The SMILES string of the molecule is Cl.F.F.F.F.Fc1cccc(S)c1F. The highest BCUT2D eigenvalue weighted by atomic mass is 35.5. The maximum absolute atomic E-state index is 12.3. The highest BCUT2D eigenvalue weighted by Gasteiger charge is 2.01. The van der Waals surface area contributed by atoms with Crippen molar-refractivity contribution in [2.45, 2.75) is 4.90 Å². The van der Waals surface area contributed by atoms with E-state index in [-0.39, 0.29) is 36.1 Å². The summed E-state index contributed by atoms with van der Waals surface area (Å²) in [5.41, 5.74) is 0.